The molecule has 1 aromatic heterocycles. The zero-order chi connectivity index (χ0) is 27.4. The zero-order valence-corrected chi connectivity index (χ0v) is 21.4. The molecule has 9 nitrogen and oxygen atoms in total. The van der Waals surface area contributed by atoms with E-state index in [1.807, 2.05) is 13.8 Å². The molecule has 37 heavy (non-hydrogen) atoms. The van der Waals surface area contributed by atoms with Crippen LogP contribution in [-0.2, 0) is 22.7 Å². The molecule has 13 heteroatoms. The topological polar surface area (TPSA) is 116 Å². The van der Waals surface area contributed by atoms with E-state index in [9.17, 15) is 26.4 Å². The van der Waals surface area contributed by atoms with Gasteiger partial charge in [0.05, 0.1) is 11.9 Å². The van der Waals surface area contributed by atoms with Gasteiger partial charge in [0, 0.05) is 37.1 Å². The molecule has 1 heterocycles. The minimum Gasteiger partial charge on any atom is -0.365 e. The number of hydrogen-bond acceptors (Lipinski definition) is 7. The number of halogens is 3. The predicted molar refractivity (Wildman–Crippen MR) is 136 cm³/mol. The Morgan fingerprint density at radius 1 is 1.08 bits per heavy atom. The number of amides is 1. The number of rotatable bonds is 9. The van der Waals surface area contributed by atoms with E-state index in [4.69, 9.17) is 0 Å². The molecule has 0 saturated heterocycles. The third-order valence-electron chi connectivity index (χ3n) is 5.19. The largest absolute Gasteiger partial charge is 0.421 e. The van der Waals surface area contributed by atoms with Gasteiger partial charge in [0.25, 0.3) is 5.91 Å². The van der Waals surface area contributed by atoms with E-state index in [1.54, 1.807) is 48.5 Å². The molecule has 0 aliphatic heterocycles. The summed E-state index contributed by atoms with van der Waals surface area (Å²) in [6.07, 6.45) is -3.03. The lowest BCUT2D eigenvalue weighted by molar-refractivity contribution is -0.137. The molecule has 0 aliphatic rings. The molecule has 0 radical (unpaired) electrons. The van der Waals surface area contributed by atoms with Crippen LogP contribution in [0.3, 0.4) is 0 Å². The maximum atomic E-state index is 13.6. The Hall–Kier alpha value is -3.87. The van der Waals surface area contributed by atoms with Crippen LogP contribution < -0.4 is 20.3 Å². The number of hydrogen-bond donors (Lipinski definition) is 3. The fraction of sp³-hybridized carbons (Fsp3) is 0.292. The van der Waals surface area contributed by atoms with E-state index in [2.05, 4.69) is 25.9 Å². The van der Waals surface area contributed by atoms with E-state index in [0.717, 1.165) is 10.6 Å². The third-order valence-corrected chi connectivity index (χ3v) is 6.38. The maximum absolute atomic E-state index is 13.6. The molecule has 0 saturated carbocycles. The number of alkyl halides is 3. The maximum Gasteiger partial charge on any atom is 0.421 e. The van der Waals surface area contributed by atoms with Crippen LogP contribution >= 0.6 is 0 Å². The van der Waals surface area contributed by atoms with Gasteiger partial charge in [-0.15, -0.1) is 0 Å². The summed E-state index contributed by atoms with van der Waals surface area (Å²) >= 11 is 0. The first-order valence-electron chi connectivity index (χ1n) is 11.1. The van der Waals surface area contributed by atoms with Crippen molar-refractivity contribution in [1.29, 1.82) is 0 Å². The molecule has 0 fully saturated rings. The standard InChI is InChI=1S/C24H27F3N6O3S/c1-15(2)30-22(34)16-9-11-18(12-10-16)31-23-29-14-19(24(25,26)27)21(32-23)28-13-17-7-5-6-8-20(17)33(3)37(4,35)36/h5-12,14-15H,13H2,1-4H3,(H,30,34)(H2,28,29,31,32). The first kappa shape index (κ1) is 27.7. The summed E-state index contributed by atoms with van der Waals surface area (Å²) in [4.78, 5) is 19.9. The quantitative estimate of drug-likeness (QED) is 0.372. The van der Waals surface area contributed by atoms with E-state index in [0.29, 0.717) is 28.7 Å². The van der Waals surface area contributed by atoms with Crippen LogP contribution in [0.4, 0.5) is 36.3 Å². The van der Waals surface area contributed by atoms with Gasteiger partial charge in [-0.05, 0) is 49.7 Å². The summed E-state index contributed by atoms with van der Waals surface area (Å²) in [6.45, 7) is 3.54. The van der Waals surface area contributed by atoms with Crippen molar-refractivity contribution in [2.45, 2.75) is 32.6 Å². The minimum absolute atomic E-state index is 0.0319. The normalized spacial score (nSPS) is 11.8. The Morgan fingerprint density at radius 3 is 2.32 bits per heavy atom. The van der Waals surface area contributed by atoms with Gasteiger partial charge in [0.1, 0.15) is 11.4 Å². The van der Waals surface area contributed by atoms with Crippen LogP contribution in [0.25, 0.3) is 0 Å². The molecule has 0 unspecified atom stereocenters. The summed E-state index contributed by atoms with van der Waals surface area (Å²) in [6, 6.07) is 12.7. The molecular formula is C24H27F3N6O3S. The van der Waals surface area contributed by atoms with Crippen LogP contribution in [0.1, 0.15) is 35.3 Å². The number of carbonyl (C=O) groups excluding carboxylic acids is 1. The van der Waals surface area contributed by atoms with Crippen LogP contribution in [0.15, 0.2) is 54.7 Å². The van der Waals surface area contributed by atoms with Crippen LogP contribution in [0.5, 0.6) is 0 Å². The molecule has 3 rings (SSSR count). The molecule has 3 aromatic rings. The lowest BCUT2D eigenvalue weighted by atomic mass is 10.1. The van der Waals surface area contributed by atoms with Gasteiger partial charge in [-0.2, -0.15) is 18.2 Å². The predicted octanol–water partition coefficient (Wildman–Crippen LogP) is 4.39. The number of sulfonamides is 1. The van der Waals surface area contributed by atoms with Gasteiger partial charge in [-0.25, -0.2) is 13.4 Å². The van der Waals surface area contributed by atoms with Crippen molar-refractivity contribution in [2.24, 2.45) is 0 Å². The average molecular weight is 537 g/mol. The average Bonchev–Trinajstić information content (AvgIpc) is 2.81. The van der Waals surface area contributed by atoms with Crippen molar-refractivity contribution in [3.63, 3.8) is 0 Å². The van der Waals surface area contributed by atoms with Gasteiger partial charge >= 0.3 is 6.18 Å². The lowest BCUT2D eigenvalue weighted by Crippen LogP contribution is -2.29. The number of anilines is 4. The first-order chi connectivity index (χ1) is 17.3. The monoisotopic (exact) mass is 536 g/mol. The summed E-state index contributed by atoms with van der Waals surface area (Å²) in [5, 5.41) is 8.26. The van der Waals surface area contributed by atoms with Crippen LogP contribution in [0.2, 0.25) is 0 Å². The fourth-order valence-corrected chi connectivity index (χ4v) is 3.82. The Morgan fingerprint density at radius 2 is 1.73 bits per heavy atom. The lowest BCUT2D eigenvalue weighted by Gasteiger charge is -2.21. The van der Waals surface area contributed by atoms with E-state index >= 15 is 0 Å². The van der Waals surface area contributed by atoms with Crippen molar-refractivity contribution >= 4 is 39.1 Å². The minimum atomic E-state index is -4.73. The van der Waals surface area contributed by atoms with Crippen LogP contribution in [0, 0.1) is 0 Å². The molecule has 1 amide bonds. The Kier molecular flexibility index (Phi) is 8.26. The molecule has 0 aliphatic carbocycles. The molecule has 3 N–H and O–H groups in total. The van der Waals surface area contributed by atoms with Crippen LogP contribution in [-0.4, -0.2) is 43.6 Å². The number of para-hydroxylation sites is 1. The highest BCUT2D eigenvalue weighted by Crippen LogP contribution is 2.34. The van der Waals surface area contributed by atoms with E-state index in [-0.39, 0.29) is 24.4 Å². The van der Waals surface area contributed by atoms with Gasteiger partial charge in [0.2, 0.25) is 16.0 Å². The highest BCUT2D eigenvalue weighted by Gasteiger charge is 2.35. The number of carbonyl (C=O) groups is 1. The SMILES string of the molecule is CC(C)NC(=O)c1ccc(Nc2ncc(C(F)(F)F)c(NCc3ccccc3N(C)S(C)(=O)=O)n2)cc1. The molecule has 2 aromatic carbocycles. The second kappa shape index (κ2) is 11.0. The Bertz CT molecular complexity index is 1360. The van der Waals surface area contributed by atoms with Gasteiger partial charge < -0.3 is 16.0 Å². The second-order valence-corrected chi connectivity index (χ2v) is 10.5. The van der Waals surface area contributed by atoms with Crippen molar-refractivity contribution in [3.8, 4) is 0 Å². The molecule has 0 bridgehead atoms. The Labute approximate surface area is 213 Å². The summed E-state index contributed by atoms with van der Waals surface area (Å²) in [5.74, 6) is -0.827. The smallest absolute Gasteiger partial charge is 0.365 e. The summed E-state index contributed by atoms with van der Waals surface area (Å²) < 4.78 is 65.9. The molecule has 0 atom stereocenters. The first-order valence-corrected chi connectivity index (χ1v) is 13.0. The van der Waals surface area contributed by atoms with E-state index in [1.165, 1.54) is 7.05 Å². The number of nitrogens with one attached hydrogen (secondary N) is 3. The second-order valence-electron chi connectivity index (χ2n) is 8.50. The Balaban J connectivity index is 1.85. The zero-order valence-electron chi connectivity index (χ0n) is 20.6. The van der Waals surface area contributed by atoms with Crippen molar-refractivity contribution in [3.05, 3.63) is 71.4 Å². The highest BCUT2D eigenvalue weighted by molar-refractivity contribution is 7.92. The van der Waals surface area contributed by atoms with Crippen molar-refractivity contribution in [1.82, 2.24) is 15.3 Å². The third kappa shape index (κ3) is 7.32. The van der Waals surface area contributed by atoms with Crippen molar-refractivity contribution in [2.75, 3.05) is 28.2 Å². The van der Waals surface area contributed by atoms with E-state index < -0.39 is 27.6 Å². The molecule has 0 spiro atoms. The van der Waals surface area contributed by atoms with Gasteiger partial charge in [-0.1, -0.05) is 18.2 Å². The summed E-state index contributed by atoms with van der Waals surface area (Å²) in [5.41, 5.74) is 0.583. The number of benzene rings is 2. The number of aromatic nitrogens is 2. The number of nitrogens with zero attached hydrogens (tertiary/aromatic N) is 3. The van der Waals surface area contributed by atoms with Gasteiger partial charge in [-0.3, -0.25) is 9.10 Å². The molecule has 198 valence electrons. The van der Waals surface area contributed by atoms with Gasteiger partial charge in [0.15, 0.2) is 0 Å². The van der Waals surface area contributed by atoms with Crippen molar-refractivity contribution < 1.29 is 26.4 Å². The fourth-order valence-electron chi connectivity index (χ4n) is 3.29. The highest BCUT2D eigenvalue weighted by atomic mass is 32.2. The summed E-state index contributed by atoms with van der Waals surface area (Å²) in [7, 11) is -2.22. The molecular weight excluding hydrogens is 509 g/mol.